The van der Waals surface area contributed by atoms with E-state index in [-0.39, 0.29) is 12.3 Å². The number of hydrogen-bond acceptors (Lipinski definition) is 4. The molecule has 0 bridgehead atoms. The van der Waals surface area contributed by atoms with Gasteiger partial charge in [-0.25, -0.2) is 27.8 Å². The molecule has 1 aliphatic heterocycles. The molecule has 34 heavy (non-hydrogen) atoms. The summed E-state index contributed by atoms with van der Waals surface area (Å²) < 4.78 is 50.4. The number of rotatable bonds is 5. The average molecular weight is 467 g/mol. The van der Waals surface area contributed by atoms with Gasteiger partial charge in [-0.05, 0) is 55.5 Å². The third-order valence-electron chi connectivity index (χ3n) is 6.29. The van der Waals surface area contributed by atoms with E-state index in [1.165, 1.54) is 6.08 Å². The summed E-state index contributed by atoms with van der Waals surface area (Å²) in [4.78, 5) is 8.90. The normalized spacial score (nSPS) is 20.6. The van der Waals surface area contributed by atoms with Gasteiger partial charge in [0.1, 0.15) is 17.4 Å². The lowest BCUT2D eigenvalue weighted by atomic mass is 9.81. The fraction of sp³-hybridized carbons (Fsp3) is 0.320. The van der Waals surface area contributed by atoms with Crippen molar-refractivity contribution in [2.45, 2.75) is 38.6 Å². The molecule has 9 heteroatoms. The SMILES string of the molecule is COc1cc(/C=C/c2nc3n(n2)CCC[C@H]3C2C=C(F)C(F)=C(F)C2)ccc1-n1cnc(C)c1. The van der Waals surface area contributed by atoms with Gasteiger partial charge in [-0.15, -0.1) is 0 Å². The van der Waals surface area contributed by atoms with Gasteiger partial charge in [-0.1, -0.05) is 12.1 Å². The van der Waals surface area contributed by atoms with Gasteiger partial charge in [-0.2, -0.15) is 5.10 Å². The summed E-state index contributed by atoms with van der Waals surface area (Å²) in [6.45, 7) is 2.61. The van der Waals surface area contributed by atoms with Crippen molar-refractivity contribution in [3.8, 4) is 11.4 Å². The van der Waals surface area contributed by atoms with E-state index in [1.54, 1.807) is 24.2 Å². The number of benzene rings is 1. The maximum atomic E-state index is 13.9. The van der Waals surface area contributed by atoms with Crippen LogP contribution in [0.2, 0.25) is 0 Å². The molecule has 1 unspecified atom stereocenters. The van der Waals surface area contributed by atoms with Crippen LogP contribution in [-0.2, 0) is 6.54 Å². The lowest BCUT2D eigenvalue weighted by Gasteiger charge is -2.29. The molecule has 0 spiro atoms. The van der Waals surface area contributed by atoms with Gasteiger partial charge in [0.05, 0.1) is 24.8 Å². The van der Waals surface area contributed by atoms with Crippen LogP contribution in [0.3, 0.4) is 0 Å². The molecule has 1 aromatic carbocycles. The van der Waals surface area contributed by atoms with Gasteiger partial charge >= 0.3 is 0 Å². The van der Waals surface area contributed by atoms with Gasteiger partial charge < -0.3 is 9.30 Å². The number of nitrogens with zero attached hydrogens (tertiary/aromatic N) is 5. The minimum absolute atomic E-state index is 0.162. The third-order valence-corrected chi connectivity index (χ3v) is 6.29. The van der Waals surface area contributed by atoms with E-state index >= 15 is 0 Å². The summed E-state index contributed by atoms with van der Waals surface area (Å²) in [5, 5.41) is 4.56. The molecule has 2 aliphatic rings. The van der Waals surface area contributed by atoms with Gasteiger partial charge in [0.2, 0.25) is 0 Å². The molecule has 0 amide bonds. The number of allylic oxidation sites excluding steroid dienone is 4. The minimum atomic E-state index is -1.39. The zero-order valence-electron chi connectivity index (χ0n) is 18.9. The number of hydrogen-bond donors (Lipinski definition) is 0. The molecule has 6 nitrogen and oxygen atoms in total. The van der Waals surface area contributed by atoms with Crippen LogP contribution in [0.1, 0.15) is 48.1 Å². The van der Waals surface area contributed by atoms with Crippen molar-refractivity contribution in [1.82, 2.24) is 24.3 Å². The Labute approximate surface area is 195 Å². The molecule has 176 valence electrons. The number of halogens is 3. The Morgan fingerprint density at radius 1 is 1.18 bits per heavy atom. The van der Waals surface area contributed by atoms with Crippen LogP contribution in [0.5, 0.6) is 5.75 Å². The molecular weight excluding hydrogens is 443 g/mol. The molecule has 2 aromatic heterocycles. The maximum absolute atomic E-state index is 13.9. The third kappa shape index (κ3) is 4.18. The van der Waals surface area contributed by atoms with Gasteiger partial charge in [0.25, 0.3) is 0 Å². The summed E-state index contributed by atoms with van der Waals surface area (Å²) >= 11 is 0. The summed E-state index contributed by atoms with van der Waals surface area (Å²) in [5.41, 5.74) is 2.69. The fourth-order valence-corrected chi connectivity index (χ4v) is 4.62. The van der Waals surface area contributed by atoms with Gasteiger partial charge in [0.15, 0.2) is 17.5 Å². The van der Waals surface area contributed by atoms with Crippen LogP contribution in [0.15, 0.2) is 54.3 Å². The molecule has 3 aromatic rings. The van der Waals surface area contributed by atoms with E-state index < -0.39 is 23.4 Å². The van der Waals surface area contributed by atoms with Gasteiger partial charge in [-0.3, -0.25) is 0 Å². The van der Waals surface area contributed by atoms with Crippen molar-refractivity contribution < 1.29 is 17.9 Å². The van der Waals surface area contributed by atoms with Crippen molar-refractivity contribution in [3.05, 3.63) is 77.2 Å². The molecule has 2 atom stereocenters. The van der Waals surface area contributed by atoms with E-state index in [4.69, 9.17) is 4.74 Å². The smallest absolute Gasteiger partial charge is 0.189 e. The predicted octanol–water partition coefficient (Wildman–Crippen LogP) is 5.85. The average Bonchev–Trinajstić information content (AvgIpc) is 3.46. The number of aryl methyl sites for hydroxylation is 2. The highest BCUT2D eigenvalue weighted by Gasteiger charge is 2.34. The lowest BCUT2D eigenvalue weighted by molar-refractivity contribution is 0.325. The van der Waals surface area contributed by atoms with Crippen LogP contribution >= 0.6 is 0 Å². The molecule has 0 saturated heterocycles. The van der Waals surface area contributed by atoms with Crippen LogP contribution in [0.4, 0.5) is 13.2 Å². The zero-order chi connectivity index (χ0) is 23.8. The zero-order valence-corrected chi connectivity index (χ0v) is 18.9. The first-order valence-electron chi connectivity index (χ1n) is 11.2. The molecule has 3 heterocycles. The fourth-order valence-electron chi connectivity index (χ4n) is 4.62. The molecule has 1 aliphatic carbocycles. The summed E-state index contributed by atoms with van der Waals surface area (Å²) in [7, 11) is 1.62. The molecule has 5 rings (SSSR count). The largest absolute Gasteiger partial charge is 0.495 e. The Bertz CT molecular complexity index is 1320. The first-order chi connectivity index (χ1) is 16.4. The highest BCUT2D eigenvalue weighted by atomic mass is 19.2. The number of imidazole rings is 1. The predicted molar refractivity (Wildman–Crippen MR) is 122 cm³/mol. The number of aromatic nitrogens is 5. The van der Waals surface area contributed by atoms with Crippen molar-refractivity contribution in [1.29, 1.82) is 0 Å². The van der Waals surface area contributed by atoms with Gasteiger partial charge in [0, 0.05) is 25.1 Å². The number of methoxy groups -OCH3 is 1. The Morgan fingerprint density at radius 2 is 2.03 bits per heavy atom. The number of fused-ring (bicyclic) bond motifs is 1. The number of ether oxygens (including phenoxy) is 1. The van der Waals surface area contributed by atoms with E-state index in [0.29, 0.717) is 23.9 Å². The van der Waals surface area contributed by atoms with E-state index in [9.17, 15) is 13.2 Å². The van der Waals surface area contributed by atoms with Crippen LogP contribution in [0, 0.1) is 12.8 Å². The second kappa shape index (κ2) is 8.96. The Morgan fingerprint density at radius 3 is 2.76 bits per heavy atom. The quantitative estimate of drug-likeness (QED) is 0.472. The molecule has 0 N–H and O–H groups in total. The Kier molecular flexibility index (Phi) is 5.85. The molecular formula is C25H24F3N5O. The Hall–Kier alpha value is -3.62. The standard InChI is InChI=1S/C25H24F3N5O/c1-15-13-32(14-29-15)21-7-5-16(10-22(21)34-2)6-8-23-30-25-18(4-3-9-33(25)31-23)17-11-19(26)24(28)20(27)12-17/h5-8,10-11,13-14,17-18H,3-4,9,12H2,1-2H3/b8-6+/t17?,18-/m0/s1. The van der Waals surface area contributed by atoms with Crippen molar-refractivity contribution in [2.24, 2.45) is 5.92 Å². The van der Waals surface area contributed by atoms with Crippen molar-refractivity contribution in [3.63, 3.8) is 0 Å². The lowest BCUT2D eigenvalue weighted by Crippen LogP contribution is -2.24. The van der Waals surface area contributed by atoms with Crippen LogP contribution < -0.4 is 4.74 Å². The Balaban J connectivity index is 1.38. The van der Waals surface area contributed by atoms with E-state index in [2.05, 4.69) is 15.1 Å². The topological polar surface area (TPSA) is 57.8 Å². The van der Waals surface area contributed by atoms with Crippen LogP contribution in [-0.4, -0.2) is 31.4 Å². The first kappa shape index (κ1) is 22.2. The van der Waals surface area contributed by atoms with E-state index in [0.717, 1.165) is 29.8 Å². The monoisotopic (exact) mass is 467 g/mol. The summed E-state index contributed by atoms with van der Waals surface area (Å²) in [5.74, 6) is -2.36. The molecule has 0 saturated carbocycles. The summed E-state index contributed by atoms with van der Waals surface area (Å²) in [6.07, 6.45) is 9.90. The minimum Gasteiger partial charge on any atom is -0.495 e. The second-order valence-electron chi connectivity index (χ2n) is 8.59. The maximum Gasteiger partial charge on any atom is 0.189 e. The second-order valence-corrected chi connectivity index (χ2v) is 8.59. The van der Waals surface area contributed by atoms with Crippen LogP contribution in [0.25, 0.3) is 17.8 Å². The summed E-state index contributed by atoms with van der Waals surface area (Å²) in [6, 6.07) is 5.83. The van der Waals surface area contributed by atoms with E-state index in [1.807, 2.05) is 42.0 Å². The first-order valence-corrected chi connectivity index (χ1v) is 11.2. The van der Waals surface area contributed by atoms with Crippen molar-refractivity contribution >= 4 is 12.2 Å². The molecule has 0 fully saturated rings. The van der Waals surface area contributed by atoms with Crippen molar-refractivity contribution in [2.75, 3.05) is 7.11 Å². The highest BCUT2D eigenvalue weighted by molar-refractivity contribution is 5.69. The molecule has 0 radical (unpaired) electrons. The highest BCUT2D eigenvalue weighted by Crippen LogP contribution is 2.42.